The van der Waals surface area contributed by atoms with Gasteiger partial charge in [0.2, 0.25) is 0 Å². The van der Waals surface area contributed by atoms with Crippen molar-refractivity contribution in [3.05, 3.63) is 35.9 Å². The monoisotopic (exact) mass is 263 g/mol. The van der Waals surface area contributed by atoms with E-state index in [1.807, 2.05) is 30.3 Å². The van der Waals surface area contributed by atoms with E-state index in [2.05, 4.69) is 5.32 Å². The van der Waals surface area contributed by atoms with Crippen molar-refractivity contribution in [1.29, 1.82) is 0 Å². The van der Waals surface area contributed by atoms with Crippen molar-refractivity contribution in [3.8, 4) is 0 Å². The van der Waals surface area contributed by atoms with Crippen LogP contribution in [0.3, 0.4) is 0 Å². The Bertz CT molecular complexity index is 446. The topological polar surface area (TPSA) is 75.6 Å². The molecule has 0 saturated heterocycles. The third kappa shape index (κ3) is 4.28. The van der Waals surface area contributed by atoms with Crippen LogP contribution in [0, 0.1) is 11.8 Å². The Morgan fingerprint density at radius 2 is 2.05 bits per heavy atom. The van der Waals surface area contributed by atoms with Crippen LogP contribution in [0.2, 0.25) is 0 Å². The molecule has 0 heterocycles. The van der Waals surface area contributed by atoms with Gasteiger partial charge in [0.15, 0.2) is 0 Å². The Morgan fingerprint density at radius 1 is 1.32 bits per heavy atom. The SMILES string of the molecule is O=C(NCC[C@@H]1C[C@H]1C(=O)O)OCc1ccccc1. The van der Waals surface area contributed by atoms with Gasteiger partial charge in [-0.3, -0.25) is 4.79 Å². The molecule has 0 radical (unpaired) electrons. The van der Waals surface area contributed by atoms with E-state index in [0.717, 1.165) is 12.0 Å². The van der Waals surface area contributed by atoms with Crippen LogP contribution in [0.4, 0.5) is 4.79 Å². The lowest BCUT2D eigenvalue weighted by Crippen LogP contribution is -2.25. The predicted octanol–water partition coefficient (Wildman–Crippen LogP) is 2.02. The minimum Gasteiger partial charge on any atom is -0.481 e. The summed E-state index contributed by atoms with van der Waals surface area (Å²) in [4.78, 5) is 22.0. The van der Waals surface area contributed by atoms with Crippen molar-refractivity contribution in [2.75, 3.05) is 6.54 Å². The lowest BCUT2D eigenvalue weighted by atomic mass is 10.2. The smallest absolute Gasteiger partial charge is 0.407 e. The molecule has 2 N–H and O–H groups in total. The molecular formula is C14H17NO4. The third-order valence-corrected chi connectivity index (χ3v) is 3.24. The highest BCUT2D eigenvalue weighted by Gasteiger charge is 2.42. The highest BCUT2D eigenvalue weighted by Crippen LogP contribution is 2.40. The molecule has 0 aromatic heterocycles. The molecule has 5 heteroatoms. The number of hydrogen-bond donors (Lipinski definition) is 2. The minimum atomic E-state index is -0.739. The number of carbonyl (C=O) groups is 2. The number of benzene rings is 1. The second kappa shape index (κ2) is 6.22. The van der Waals surface area contributed by atoms with Gasteiger partial charge in [0.25, 0.3) is 0 Å². The fourth-order valence-corrected chi connectivity index (χ4v) is 2.00. The third-order valence-electron chi connectivity index (χ3n) is 3.24. The summed E-state index contributed by atoms with van der Waals surface area (Å²) in [6.07, 6.45) is 0.949. The standard InChI is InChI=1S/C14H17NO4/c16-13(17)12-8-11(12)6-7-15-14(18)19-9-10-4-2-1-3-5-10/h1-5,11-12H,6-9H2,(H,15,18)(H,16,17)/t11-,12-/m1/s1. The molecule has 0 unspecified atom stereocenters. The molecule has 19 heavy (non-hydrogen) atoms. The molecule has 1 saturated carbocycles. The molecule has 0 aliphatic heterocycles. The van der Waals surface area contributed by atoms with Gasteiger partial charge in [0.1, 0.15) is 6.61 Å². The molecule has 1 aromatic rings. The fourth-order valence-electron chi connectivity index (χ4n) is 2.00. The first kappa shape index (κ1) is 13.4. The number of hydrogen-bond acceptors (Lipinski definition) is 3. The lowest BCUT2D eigenvalue weighted by Gasteiger charge is -2.06. The zero-order valence-corrected chi connectivity index (χ0v) is 10.5. The molecule has 2 rings (SSSR count). The first-order valence-corrected chi connectivity index (χ1v) is 6.34. The van der Waals surface area contributed by atoms with Crippen LogP contribution in [0.1, 0.15) is 18.4 Å². The molecule has 0 bridgehead atoms. The average Bonchev–Trinajstić information content (AvgIpc) is 3.17. The molecule has 5 nitrogen and oxygen atoms in total. The number of carbonyl (C=O) groups excluding carboxylic acids is 1. The summed E-state index contributed by atoms with van der Waals surface area (Å²) in [5, 5.41) is 11.4. The molecular weight excluding hydrogens is 246 g/mol. The first-order valence-electron chi connectivity index (χ1n) is 6.34. The maximum absolute atomic E-state index is 11.4. The van der Waals surface area contributed by atoms with Gasteiger partial charge in [0.05, 0.1) is 5.92 Å². The molecule has 0 spiro atoms. The maximum Gasteiger partial charge on any atom is 0.407 e. The molecule has 1 aromatic carbocycles. The van der Waals surface area contributed by atoms with E-state index in [1.54, 1.807) is 0 Å². The van der Waals surface area contributed by atoms with Crippen molar-refractivity contribution >= 4 is 12.1 Å². The number of nitrogens with one attached hydrogen (secondary N) is 1. The zero-order chi connectivity index (χ0) is 13.7. The number of carboxylic acid groups (broad SMARTS) is 1. The van der Waals surface area contributed by atoms with Crippen molar-refractivity contribution in [1.82, 2.24) is 5.32 Å². The number of carboxylic acids is 1. The summed E-state index contributed by atoms with van der Waals surface area (Å²) in [7, 11) is 0. The quantitative estimate of drug-likeness (QED) is 0.823. The summed E-state index contributed by atoms with van der Waals surface area (Å²) < 4.78 is 5.04. The van der Waals surface area contributed by atoms with Crippen LogP contribution >= 0.6 is 0 Å². The first-order chi connectivity index (χ1) is 9.16. The highest BCUT2D eigenvalue weighted by atomic mass is 16.5. The van der Waals surface area contributed by atoms with E-state index in [9.17, 15) is 9.59 Å². The Labute approximate surface area is 111 Å². The summed E-state index contributed by atoms with van der Waals surface area (Å²) in [5.74, 6) is -0.759. The van der Waals surface area contributed by atoms with Crippen LogP contribution in [-0.4, -0.2) is 23.7 Å². The average molecular weight is 263 g/mol. The molecule has 1 aliphatic carbocycles. The highest BCUT2D eigenvalue weighted by molar-refractivity contribution is 5.73. The summed E-state index contributed by atoms with van der Waals surface area (Å²) in [6, 6.07) is 9.44. The predicted molar refractivity (Wildman–Crippen MR) is 68.5 cm³/mol. The van der Waals surface area contributed by atoms with E-state index in [0.29, 0.717) is 13.0 Å². The van der Waals surface area contributed by atoms with E-state index >= 15 is 0 Å². The Balaban J connectivity index is 1.57. The van der Waals surface area contributed by atoms with Gasteiger partial charge in [-0.15, -0.1) is 0 Å². The molecule has 1 aliphatic rings. The lowest BCUT2D eigenvalue weighted by molar-refractivity contribution is -0.138. The van der Waals surface area contributed by atoms with E-state index in [-0.39, 0.29) is 18.4 Å². The van der Waals surface area contributed by atoms with Crippen molar-refractivity contribution in [2.45, 2.75) is 19.4 Å². The largest absolute Gasteiger partial charge is 0.481 e. The minimum absolute atomic E-state index is 0.201. The van der Waals surface area contributed by atoms with E-state index in [4.69, 9.17) is 9.84 Å². The normalized spacial score (nSPS) is 20.6. The molecule has 1 fully saturated rings. The van der Waals surface area contributed by atoms with Crippen LogP contribution in [-0.2, 0) is 16.1 Å². The second-order valence-corrected chi connectivity index (χ2v) is 4.72. The maximum atomic E-state index is 11.4. The summed E-state index contributed by atoms with van der Waals surface area (Å²) in [6.45, 7) is 0.704. The van der Waals surface area contributed by atoms with E-state index < -0.39 is 12.1 Å². The van der Waals surface area contributed by atoms with Gasteiger partial charge in [-0.05, 0) is 24.3 Å². The number of amides is 1. The number of alkyl carbamates (subject to hydrolysis) is 1. The molecule has 2 atom stereocenters. The van der Waals surface area contributed by atoms with Crippen molar-refractivity contribution in [2.24, 2.45) is 11.8 Å². The summed E-state index contributed by atoms with van der Waals surface area (Å²) >= 11 is 0. The number of aliphatic carboxylic acids is 1. The van der Waals surface area contributed by atoms with Gasteiger partial charge in [-0.25, -0.2) is 4.79 Å². The Hall–Kier alpha value is -2.04. The van der Waals surface area contributed by atoms with Crippen LogP contribution < -0.4 is 5.32 Å². The van der Waals surface area contributed by atoms with Crippen molar-refractivity contribution in [3.63, 3.8) is 0 Å². The van der Waals surface area contributed by atoms with Gasteiger partial charge in [-0.1, -0.05) is 30.3 Å². The van der Waals surface area contributed by atoms with Crippen LogP contribution in [0.5, 0.6) is 0 Å². The Morgan fingerprint density at radius 3 is 2.68 bits per heavy atom. The van der Waals surface area contributed by atoms with Crippen LogP contribution in [0.25, 0.3) is 0 Å². The van der Waals surface area contributed by atoms with Gasteiger partial charge < -0.3 is 15.2 Å². The Kier molecular flexibility index (Phi) is 4.39. The second-order valence-electron chi connectivity index (χ2n) is 4.72. The van der Waals surface area contributed by atoms with E-state index in [1.165, 1.54) is 0 Å². The van der Waals surface area contributed by atoms with Gasteiger partial charge in [-0.2, -0.15) is 0 Å². The number of rotatable bonds is 6. The van der Waals surface area contributed by atoms with Gasteiger partial charge in [0, 0.05) is 6.54 Å². The fraction of sp³-hybridized carbons (Fsp3) is 0.429. The van der Waals surface area contributed by atoms with Crippen molar-refractivity contribution < 1.29 is 19.4 Å². The van der Waals surface area contributed by atoms with Crippen LogP contribution in [0.15, 0.2) is 30.3 Å². The number of ether oxygens (including phenoxy) is 1. The molecule has 102 valence electrons. The molecule has 1 amide bonds. The van der Waals surface area contributed by atoms with Gasteiger partial charge >= 0.3 is 12.1 Å². The summed E-state index contributed by atoms with van der Waals surface area (Å²) in [5.41, 5.74) is 0.936. The zero-order valence-electron chi connectivity index (χ0n) is 10.5.